The zero-order valence-electron chi connectivity index (χ0n) is 9.48. The van der Waals surface area contributed by atoms with Crippen LogP contribution in [0.3, 0.4) is 0 Å². The highest BCUT2D eigenvalue weighted by molar-refractivity contribution is 14.1. The van der Waals surface area contributed by atoms with Crippen LogP contribution in [-0.2, 0) is 6.54 Å². The second-order valence-corrected chi connectivity index (χ2v) is 5.81. The van der Waals surface area contributed by atoms with Crippen molar-refractivity contribution in [2.45, 2.75) is 6.54 Å². The molecule has 0 spiro atoms. The third-order valence-electron chi connectivity index (χ3n) is 2.85. The minimum atomic E-state index is 0.763. The molecule has 90 valence electrons. The minimum absolute atomic E-state index is 0.763. The minimum Gasteiger partial charge on any atom is -0.260 e. The first kappa shape index (κ1) is 12.0. The first-order valence-corrected chi connectivity index (χ1v) is 7.03. The highest BCUT2D eigenvalue weighted by Crippen LogP contribution is 2.18. The van der Waals surface area contributed by atoms with Crippen LogP contribution < -0.4 is 0 Å². The van der Waals surface area contributed by atoms with Crippen molar-refractivity contribution in [2.75, 3.05) is 0 Å². The highest BCUT2D eigenvalue weighted by Gasteiger charge is 2.03. The van der Waals surface area contributed by atoms with Crippen molar-refractivity contribution in [2.24, 2.45) is 0 Å². The summed E-state index contributed by atoms with van der Waals surface area (Å²) in [5.41, 5.74) is 2.36. The van der Waals surface area contributed by atoms with Gasteiger partial charge in [-0.05, 0) is 52.4 Å². The maximum atomic E-state index is 5.89. The molecule has 0 aliphatic rings. The van der Waals surface area contributed by atoms with Gasteiger partial charge in [0.25, 0.3) is 0 Å². The summed E-state index contributed by atoms with van der Waals surface area (Å²) in [6.45, 7) is 0.765. The topological polar surface area (TPSA) is 17.8 Å². The standard InChI is InChI=1S/C14H10ClIN2/c15-12-4-1-10(2-5-12)9-18-14-7-13(16)6-3-11(14)8-17-18/h1-8H,9H2. The van der Waals surface area contributed by atoms with E-state index in [9.17, 15) is 0 Å². The lowest BCUT2D eigenvalue weighted by Crippen LogP contribution is -2.01. The third kappa shape index (κ3) is 2.37. The molecular formula is C14H10ClIN2. The van der Waals surface area contributed by atoms with Crippen molar-refractivity contribution >= 4 is 45.1 Å². The van der Waals surface area contributed by atoms with Crippen LogP contribution in [0.4, 0.5) is 0 Å². The summed E-state index contributed by atoms with van der Waals surface area (Å²) < 4.78 is 3.23. The molecule has 0 saturated carbocycles. The van der Waals surface area contributed by atoms with Crippen LogP contribution in [0.5, 0.6) is 0 Å². The smallest absolute Gasteiger partial charge is 0.0696 e. The predicted octanol–water partition coefficient (Wildman–Crippen LogP) is 4.34. The van der Waals surface area contributed by atoms with E-state index in [1.165, 1.54) is 14.5 Å². The molecule has 0 saturated heterocycles. The van der Waals surface area contributed by atoms with Crippen molar-refractivity contribution in [3.05, 3.63) is 62.8 Å². The molecule has 1 heterocycles. The van der Waals surface area contributed by atoms with Crippen LogP contribution in [-0.4, -0.2) is 9.78 Å². The van der Waals surface area contributed by atoms with Gasteiger partial charge in [-0.25, -0.2) is 0 Å². The zero-order chi connectivity index (χ0) is 12.5. The quantitative estimate of drug-likeness (QED) is 0.615. The zero-order valence-corrected chi connectivity index (χ0v) is 12.4. The molecule has 0 aliphatic heterocycles. The fourth-order valence-corrected chi connectivity index (χ4v) is 2.53. The summed E-state index contributed by atoms with van der Waals surface area (Å²) in [6, 6.07) is 14.2. The SMILES string of the molecule is Clc1ccc(Cn2ncc3ccc(I)cc32)cc1. The predicted molar refractivity (Wildman–Crippen MR) is 83.0 cm³/mol. The van der Waals surface area contributed by atoms with Gasteiger partial charge in [0.15, 0.2) is 0 Å². The van der Waals surface area contributed by atoms with Gasteiger partial charge in [-0.1, -0.05) is 29.8 Å². The van der Waals surface area contributed by atoms with E-state index >= 15 is 0 Å². The van der Waals surface area contributed by atoms with E-state index in [2.05, 4.69) is 45.9 Å². The lowest BCUT2D eigenvalue weighted by Gasteiger charge is -2.04. The molecule has 0 unspecified atom stereocenters. The maximum absolute atomic E-state index is 5.89. The molecule has 18 heavy (non-hydrogen) atoms. The Hall–Kier alpha value is -1.07. The van der Waals surface area contributed by atoms with E-state index in [-0.39, 0.29) is 0 Å². The summed E-state index contributed by atoms with van der Waals surface area (Å²) in [4.78, 5) is 0. The van der Waals surface area contributed by atoms with Crippen LogP contribution in [0.2, 0.25) is 5.02 Å². The molecule has 0 amide bonds. The Morgan fingerprint density at radius 1 is 1.11 bits per heavy atom. The normalized spacial score (nSPS) is 11.0. The average molecular weight is 369 g/mol. The van der Waals surface area contributed by atoms with Gasteiger partial charge in [0.1, 0.15) is 0 Å². The molecule has 0 bridgehead atoms. The van der Waals surface area contributed by atoms with Crippen LogP contribution >= 0.6 is 34.2 Å². The Morgan fingerprint density at radius 2 is 1.89 bits per heavy atom. The van der Waals surface area contributed by atoms with E-state index < -0.39 is 0 Å². The molecule has 3 rings (SSSR count). The number of hydrogen-bond donors (Lipinski definition) is 0. The maximum Gasteiger partial charge on any atom is 0.0696 e. The number of rotatable bonds is 2. The molecule has 3 aromatic rings. The van der Waals surface area contributed by atoms with Crippen molar-refractivity contribution in [1.82, 2.24) is 9.78 Å². The first-order chi connectivity index (χ1) is 8.72. The molecular weight excluding hydrogens is 359 g/mol. The Morgan fingerprint density at radius 3 is 2.67 bits per heavy atom. The van der Waals surface area contributed by atoms with E-state index in [1.54, 1.807) is 0 Å². The summed E-state index contributed by atoms with van der Waals surface area (Å²) >= 11 is 8.20. The lowest BCUT2D eigenvalue weighted by molar-refractivity contribution is 0.712. The number of benzene rings is 2. The molecule has 0 atom stereocenters. The Balaban J connectivity index is 1.99. The van der Waals surface area contributed by atoms with E-state index in [0.717, 1.165) is 17.1 Å². The molecule has 0 N–H and O–H groups in total. The number of halogens is 2. The van der Waals surface area contributed by atoms with Crippen molar-refractivity contribution < 1.29 is 0 Å². The lowest BCUT2D eigenvalue weighted by atomic mass is 10.2. The van der Waals surface area contributed by atoms with Crippen LogP contribution in [0.25, 0.3) is 10.9 Å². The van der Waals surface area contributed by atoms with Crippen molar-refractivity contribution in [1.29, 1.82) is 0 Å². The largest absolute Gasteiger partial charge is 0.260 e. The average Bonchev–Trinajstić information content (AvgIpc) is 2.75. The molecule has 0 radical (unpaired) electrons. The highest BCUT2D eigenvalue weighted by atomic mass is 127. The van der Waals surface area contributed by atoms with Gasteiger partial charge >= 0.3 is 0 Å². The molecule has 2 nitrogen and oxygen atoms in total. The van der Waals surface area contributed by atoms with Crippen LogP contribution in [0, 0.1) is 3.57 Å². The van der Waals surface area contributed by atoms with E-state index in [0.29, 0.717) is 0 Å². The van der Waals surface area contributed by atoms with Crippen molar-refractivity contribution in [3.8, 4) is 0 Å². The van der Waals surface area contributed by atoms with Gasteiger partial charge in [0.2, 0.25) is 0 Å². The Bertz CT molecular complexity index is 689. The van der Waals surface area contributed by atoms with Gasteiger partial charge in [-0.15, -0.1) is 0 Å². The van der Waals surface area contributed by atoms with E-state index in [1.807, 2.05) is 35.1 Å². The van der Waals surface area contributed by atoms with Gasteiger partial charge in [-0.3, -0.25) is 4.68 Å². The number of fused-ring (bicyclic) bond motifs is 1. The summed E-state index contributed by atoms with van der Waals surface area (Å²) in [5, 5.41) is 6.37. The van der Waals surface area contributed by atoms with Gasteiger partial charge in [0.05, 0.1) is 18.3 Å². The van der Waals surface area contributed by atoms with Gasteiger partial charge in [-0.2, -0.15) is 5.10 Å². The van der Waals surface area contributed by atoms with Gasteiger partial charge < -0.3 is 0 Å². The first-order valence-electron chi connectivity index (χ1n) is 5.58. The number of nitrogens with zero attached hydrogens (tertiary/aromatic N) is 2. The Labute approximate surface area is 124 Å². The van der Waals surface area contributed by atoms with Crippen LogP contribution in [0.15, 0.2) is 48.7 Å². The fourth-order valence-electron chi connectivity index (χ4n) is 1.93. The fraction of sp³-hybridized carbons (Fsp3) is 0.0714. The molecule has 1 aromatic heterocycles. The summed E-state index contributed by atoms with van der Waals surface area (Å²) in [6.07, 6.45) is 1.90. The molecule has 0 aliphatic carbocycles. The molecule has 0 fully saturated rings. The molecule has 2 aromatic carbocycles. The summed E-state index contributed by atoms with van der Waals surface area (Å²) in [7, 11) is 0. The number of aromatic nitrogens is 2. The third-order valence-corrected chi connectivity index (χ3v) is 3.78. The Kier molecular flexibility index (Phi) is 3.26. The van der Waals surface area contributed by atoms with E-state index in [4.69, 9.17) is 11.6 Å². The monoisotopic (exact) mass is 368 g/mol. The van der Waals surface area contributed by atoms with Gasteiger partial charge in [0, 0.05) is 14.0 Å². The van der Waals surface area contributed by atoms with Crippen molar-refractivity contribution in [3.63, 3.8) is 0 Å². The molecule has 4 heteroatoms. The van der Waals surface area contributed by atoms with Crippen LogP contribution in [0.1, 0.15) is 5.56 Å². The summed E-state index contributed by atoms with van der Waals surface area (Å²) in [5.74, 6) is 0. The second-order valence-electron chi connectivity index (χ2n) is 4.13. The second kappa shape index (κ2) is 4.90. The number of hydrogen-bond acceptors (Lipinski definition) is 1.